The average Bonchev–Trinajstić information content (AvgIpc) is 3.23. The van der Waals surface area contributed by atoms with Crippen molar-refractivity contribution in [1.29, 1.82) is 0 Å². The number of nitrogens with zero attached hydrogens (tertiary/aromatic N) is 3. The van der Waals surface area contributed by atoms with Crippen LogP contribution in [-0.2, 0) is 4.79 Å². The van der Waals surface area contributed by atoms with E-state index in [1.165, 1.54) is 0 Å². The maximum atomic E-state index is 12.4. The van der Waals surface area contributed by atoms with Crippen LogP contribution in [0.25, 0.3) is 20.7 Å². The molecule has 0 saturated heterocycles. The molecule has 0 aliphatic heterocycles. The SMILES string of the molecule is COc1ccc(NC(=O)CCN(C)c2ncnc3sc(-c4ccccc4)cc23)cc1Cl. The molecule has 2 aromatic heterocycles. The number of rotatable bonds is 7. The summed E-state index contributed by atoms with van der Waals surface area (Å²) in [7, 11) is 3.48. The van der Waals surface area contributed by atoms with Crippen molar-refractivity contribution >= 4 is 50.6 Å². The number of halogens is 1. The normalized spacial score (nSPS) is 10.8. The lowest BCUT2D eigenvalue weighted by Gasteiger charge is -2.18. The molecule has 0 fully saturated rings. The number of benzene rings is 2. The van der Waals surface area contributed by atoms with Crippen LogP contribution in [0.5, 0.6) is 5.75 Å². The van der Waals surface area contributed by atoms with Crippen LogP contribution in [0.1, 0.15) is 6.42 Å². The van der Waals surface area contributed by atoms with Crippen LogP contribution >= 0.6 is 22.9 Å². The van der Waals surface area contributed by atoms with Gasteiger partial charge in [0, 0.05) is 30.6 Å². The van der Waals surface area contributed by atoms with Crippen molar-refractivity contribution in [3.05, 3.63) is 65.9 Å². The molecule has 0 unspecified atom stereocenters. The van der Waals surface area contributed by atoms with E-state index >= 15 is 0 Å². The molecule has 4 aromatic rings. The minimum absolute atomic E-state index is 0.103. The zero-order valence-electron chi connectivity index (χ0n) is 17.1. The van der Waals surface area contributed by atoms with E-state index in [0.717, 1.165) is 26.5 Å². The van der Waals surface area contributed by atoms with Crippen molar-refractivity contribution in [2.45, 2.75) is 6.42 Å². The Labute approximate surface area is 189 Å². The Hall–Kier alpha value is -3.16. The molecule has 0 bridgehead atoms. The number of nitrogens with one attached hydrogen (secondary N) is 1. The van der Waals surface area contributed by atoms with Crippen LogP contribution in [0.3, 0.4) is 0 Å². The average molecular weight is 453 g/mol. The zero-order chi connectivity index (χ0) is 21.8. The van der Waals surface area contributed by atoms with Gasteiger partial charge in [0.1, 0.15) is 22.7 Å². The lowest BCUT2D eigenvalue weighted by molar-refractivity contribution is -0.116. The molecule has 0 saturated carbocycles. The van der Waals surface area contributed by atoms with Crippen LogP contribution < -0.4 is 15.0 Å². The number of anilines is 2. The number of carbonyl (C=O) groups excluding carboxylic acids is 1. The Morgan fingerprint density at radius 2 is 1.97 bits per heavy atom. The van der Waals surface area contributed by atoms with Gasteiger partial charge >= 0.3 is 0 Å². The van der Waals surface area contributed by atoms with Gasteiger partial charge in [-0.3, -0.25) is 4.79 Å². The van der Waals surface area contributed by atoms with Crippen molar-refractivity contribution in [2.24, 2.45) is 0 Å². The number of fused-ring (bicyclic) bond motifs is 1. The maximum Gasteiger partial charge on any atom is 0.226 e. The fourth-order valence-corrected chi connectivity index (χ4v) is 4.49. The molecule has 0 atom stereocenters. The second-order valence-electron chi connectivity index (χ2n) is 6.96. The highest BCUT2D eigenvalue weighted by molar-refractivity contribution is 7.21. The van der Waals surface area contributed by atoms with Gasteiger partial charge in [-0.15, -0.1) is 11.3 Å². The summed E-state index contributed by atoms with van der Waals surface area (Å²) in [5.74, 6) is 1.27. The van der Waals surface area contributed by atoms with Crippen molar-refractivity contribution in [1.82, 2.24) is 9.97 Å². The fourth-order valence-electron chi connectivity index (χ4n) is 3.23. The second kappa shape index (κ2) is 9.32. The summed E-state index contributed by atoms with van der Waals surface area (Å²) in [6.45, 7) is 0.512. The van der Waals surface area contributed by atoms with Crippen LogP contribution in [0.4, 0.5) is 11.5 Å². The zero-order valence-corrected chi connectivity index (χ0v) is 18.7. The molecule has 0 radical (unpaired) electrons. The molecule has 2 heterocycles. The lowest BCUT2D eigenvalue weighted by atomic mass is 10.2. The van der Waals surface area contributed by atoms with E-state index in [4.69, 9.17) is 16.3 Å². The fraction of sp³-hybridized carbons (Fsp3) is 0.174. The Morgan fingerprint density at radius 1 is 1.16 bits per heavy atom. The summed E-state index contributed by atoms with van der Waals surface area (Å²) in [6, 6.07) is 17.5. The van der Waals surface area contributed by atoms with Crippen LogP contribution in [-0.4, -0.2) is 36.6 Å². The van der Waals surface area contributed by atoms with E-state index in [1.807, 2.05) is 30.1 Å². The van der Waals surface area contributed by atoms with Gasteiger partial charge in [-0.2, -0.15) is 0 Å². The number of amides is 1. The highest BCUT2D eigenvalue weighted by Gasteiger charge is 2.14. The quantitative estimate of drug-likeness (QED) is 0.402. The van der Waals surface area contributed by atoms with Crippen LogP contribution in [0.2, 0.25) is 5.02 Å². The Kier molecular flexibility index (Phi) is 6.34. The minimum atomic E-state index is -0.103. The van der Waals surface area contributed by atoms with E-state index in [1.54, 1.807) is 43.0 Å². The molecule has 0 aliphatic carbocycles. The highest BCUT2D eigenvalue weighted by atomic mass is 35.5. The smallest absolute Gasteiger partial charge is 0.226 e. The van der Waals surface area contributed by atoms with Crippen LogP contribution in [0, 0.1) is 0 Å². The van der Waals surface area contributed by atoms with Gasteiger partial charge in [-0.05, 0) is 29.8 Å². The number of carbonyl (C=O) groups is 1. The van der Waals surface area contributed by atoms with E-state index in [2.05, 4.69) is 33.5 Å². The summed E-state index contributed by atoms with van der Waals surface area (Å²) in [4.78, 5) is 25.4. The molecular formula is C23H21ClN4O2S. The predicted molar refractivity (Wildman–Crippen MR) is 127 cm³/mol. The second-order valence-corrected chi connectivity index (χ2v) is 8.40. The predicted octanol–water partition coefficient (Wildman–Crippen LogP) is 5.49. The standard InChI is InChI=1S/C23H21ClN4O2S/c1-28(11-10-21(29)27-16-8-9-19(30-2)18(24)12-16)22-17-13-20(15-6-4-3-5-7-15)31-23(17)26-14-25-22/h3-9,12-14H,10-11H2,1-2H3,(H,27,29). The first-order valence-corrected chi connectivity index (χ1v) is 10.9. The van der Waals surface area contributed by atoms with Crippen molar-refractivity contribution in [3.63, 3.8) is 0 Å². The van der Waals surface area contributed by atoms with Crippen LogP contribution in [0.15, 0.2) is 60.9 Å². The number of hydrogen-bond donors (Lipinski definition) is 1. The molecule has 2 aromatic carbocycles. The summed E-state index contributed by atoms with van der Waals surface area (Å²) >= 11 is 7.76. The summed E-state index contributed by atoms with van der Waals surface area (Å²) in [6.07, 6.45) is 1.88. The van der Waals surface area contributed by atoms with Gasteiger partial charge in [-0.25, -0.2) is 9.97 Å². The van der Waals surface area contributed by atoms with Gasteiger partial charge in [0.15, 0.2) is 0 Å². The Morgan fingerprint density at radius 3 is 2.71 bits per heavy atom. The minimum Gasteiger partial charge on any atom is -0.495 e. The van der Waals surface area contributed by atoms with E-state index in [9.17, 15) is 4.79 Å². The number of aromatic nitrogens is 2. The summed E-state index contributed by atoms with van der Waals surface area (Å²) in [5.41, 5.74) is 1.78. The third kappa shape index (κ3) is 4.78. The van der Waals surface area contributed by atoms with E-state index in [-0.39, 0.29) is 5.91 Å². The molecule has 6 nitrogen and oxygen atoms in total. The van der Waals surface area contributed by atoms with Gasteiger partial charge in [0.25, 0.3) is 0 Å². The first-order chi connectivity index (χ1) is 15.0. The largest absolute Gasteiger partial charge is 0.495 e. The molecule has 0 spiro atoms. The molecule has 158 valence electrons. The first-order valence-electron chi connectivity index (χ1n) is 9.69. The van der Waals surface area contributed by atoms with Crippen molar-refractivity contribution in [3.8, 4) is 16.2 Å². The molecule has 8 heteroatoms. The third-order valence-corrected chi connectivity index (χ3v) is 6.23. The molecule has 4 rings (SSSR count). The maximum absolute atomic E-state index is 12.4. The topological polar surface area (TPSA) is 67.3 Å². The van der Waals surface area contributed by atoms with Crippen molar-refractivity contribution in [2.75, 3.05) is 30.9 Å². The summed E-state index contributed by atoms with van der Waals surface area (Å²) in [5, 5.41) is 4.30. The Balaban J connectivity index is 1.44. The molecule has 1 N–H and O–H groups in total. The highest BCUT2D eigenvalue weighted by Crippen LogP contribution is 2.35. The van der Waals surface area contributed by atoms with Gasteiger partial charge in [-0.1, -0.05) is 41.9 Å². The number of ether oxygens (including phenoxy) is 1. The summed E-state index contributed by atoms with van der Waals surface area (Å²) < 4.78 is 5.14. The van der Waals surface area contributed by atoms with Gasteiger partial charge in [0.05, 0.1) is 17.5 Å². The molecule has 1 amide bonds. The number of methoxy groups -OCH3 is 1. The molecular weight excluding hydrogens is 432 g/mol. The van der Waals surface area contributed by atoms with E-state index < -0.39 is 0 Å². The Bertz CT molecular complexity index is 1210. The number of thiophene rings is 1. The molecule has 0 aliphatic rings. The first kappa shape index (κ1) is 21.1. The lowest BCUT2D eigenvalue weighted by Crippen LogP contribution is -2.24. The van der Waals surface area contributed by atoms with Gasteiger partial charge < -0.3 is 15.0 Å². The van der Waals surface area contributed by atoms with E-state index in [0.29, 0.717) is 29.4 Å². The number of hydrogen-bond acceptors (Lipinski definition) is 6. The molecule has 31 heavy (non-hydrogen) atoms. The third-order valence-electron chi connectivity index (χ3n) is 4.84. The monoisotopic (exact) mass is 452 g/mol. The van der Waals surface area contributed by atoms with Gasteiger partial charge in [0.2, 0.25) is 5.91 Å². The van der Waals surface area contributed by atoms with Crippen molar-refractivity contribution < 1.29 is 9.53 Å².